The van der Waals surface area contributed by atoms with E-state index in [0.29, 0.717) is 0 Å². The van der Waals surface area contributed by atoms with E-state index in [4.69, 9.17) is 21.7 Å². The largest absolute Gasteiger partial charge is 0.480 e. The molecule has 30 heavy (non-hydrogen) atoms. The monoisotopic (exact) mass is 449 g/mol. The maximum absolute atomic E-state index is 12.6. The molecule has 0 rings (SSSR count). The van der Waals surface area contributed by atoms with Gasteiger partial charge in [0, 0.05) is 12.2 Å². The van der Waals surface area contributed by atoms with Gasteiger partial charge in [0.2, 0.25) is 23.6 Å². The van der Waals surface area contributed by atoms with Crippen LogP contribution in [0.4, 0.5) is 0 Å². The second-order valence-electron chi connectivity index (χ2n) is 7.13. The Morgan fingerprint density at radius 3 is 1.87 bits per heavy atom. The van der Waals surface area contributed by atoms with Crippen molar-refractivity contribution in [2.45, 2.75) is 57.3 Å². The fourth-order valence-corrected chi connectivity index (χ4v) is 2.59. The molecule has 9 N–H and O–H groups in total. The molecule has 0 bridgehead atoms. The third-order valence-electron chi connectivity index (χ3n) is 3.99. The Labute approximate surface area is 179 Å². The molecule has 0 spiro atoms. The highest BCUT2D eigenvalue weighted by molar-refractivity contribution is 7.80. The Kier molecular flexibility index (Phi) is 12.7. The van der Waals surface area contributed by atoms with E-state index in [0.717, 1.165) is 0 Å². The first-order valence-corrected chi connectivity index (χ1v) is 9.95. The summed E-state index contributed by atoms with van der Waals surface area (Å²) in [5.74, 6) is -4.41. The second-order valence-corrected chi connectivity index (χ2v) is 7.49. The molecule has 0 heterocycles. The third-order valence-corrected chi connectivity index (χ3v) is 4.36. The van der Waals surface area contributed by atoms with Gasteiger partial charge < -0.3 is 37.6 Å². The first-order chi connectivity index (χ1) is 13.9. The number of aliphatic hydroxyl groups excluding tert-OH is 1. The maximum Gasteiger partial charge on any atom is 0.328 e. The zero-order chi connectivity index (χ0) is 23.4. The normalized spacial score (nSPS) is 14.9. The van der Waals surface area contributed by atoms with Crippen LogP contribution >= 0.6 is 12.6 Å². The van der Waals surface area contributed by atoms with Crippen molar-refractivity contribution in [3.8, 4) is 0 Å². The van der Waals surface area contributed by atoms with Gasteiger partial charge in [-0.1, -0.05) is 13.8 Å². The average molecular weight is 450 g/mol. The van der Waals surface area contributed by atoms with E-state index in [1.165, 1.54) is 0 Å². The number of carboxylic acid groups (broad SMARTS) is 1. The Morgan fingerprint density at radius 1 is 0.933 bits per heavy atom. The third kappa shape index (κ3) is 10.4. The molecule has 12 nitrogen and oxygen atoms in total. The van der Waals surface area contributed by atoms with Crippen molar-refractivity contribution < 1.29 is 34.2 Å². The molecule has 172 valence electrons. The molecule has 0 aromatic heterocycles. The number of aliphatic carboxylic acids is 1. The summed E-state index contributed by atoms with van der Waals surface area (Å²) in [6.07, 6.45) is 0.152. The number of thiol groups is 1. The van der Waals surface area contributed by atoms with Crippen molar-refractivity contribution in [1.82, 2.24) is 16.0 Å². The highest BCUT2D eigenvalue weighted by atomic mass is 32.1. The maximum atomic E-state index is 12.6. The van der Waals surface area contributed by atoms with Crippen LogP contribution in [-0.2, 0) is 24.0 Å². The number of carbonyl (C=O) groups excluding carboxylic acids is 4. The standard InChI is InChI=1S/C17H31N5O7S/c1-8(2)5-10(20-14(25)9(18)3-4-13(19)24)15(26)22-12(7-30)16(27)21-11(6-23)17(28)29/h8-12,23,30H,3-7,18H2,1-2H3,(H2,19,24)(H,20,25)(H,21,27)(H,22,26)(H,28,29). The van der Waals surface area contributed by atoms with Crippen molar-refractivity contribution in [2.24, 2.45) is 17.4 Å². The van der Waals surface area contributed by atoms with E-state index in [1.807, 2.05) is 13.8 Å². The number of primary amides is 1. The summed E-state index contributed by atoms with van der Waals surface area (Å²) >= 11 is 3.98. The van der Waals surface area contributed by atoms with Gasteiger partial charge in [-0.25, -0.2) is 4.79 Å². The van der Waals surface area contributed by atoms with E-state index >= 15 is 0 Å². The van der Waals surface area contributed by atoms with Crippen LogP contribution in [-0.4, -0.2) is 76.3 Å². The number of hydrogen-bond donors (Lipinski definition) is 8. The topological polar surface area (TPSA) is 214 Å². The Bertz CT molecular complexity index is 632. The predicted molar refractivity (Wildman–Crippen MR) is 110 cm³/mol. The number of aliphatic hydroxyl groups is 1. The molecule has 13 heteroatoms. The van der Waals surface area contributed by atoms with Crippen LogP contribution in [0.1, 0.15) is 33.1 Å². The molecular weight excluding hydrogens is 418 g/mol. The predicted octanol–water partition coefficient (Wildman–Crippen LogP) is -2.91. The van der Waals surface area contributed by atoms with Gasteiger partial charge in [0.05, 0.1) is 12.6 Å². The molecule has 0 radical (unpaired) electrons. The molecule has 0 aliphatic heterocycles. The lowest BCUT2D eigenvalue weighted by Crippen LogP contribution is -2.58. The van der Waals surface area contributed by atoms with Crippen molar-refractivity contribution >= 4 is 42.2 Å². The number of nitrogens with two attached hydrogens (primary N) is 2. The highest BCUT2D eigenvalue weighted by Gasteiger charge is 2.30. The van der Waals surface area contributed by atoms with Gasteiger partial charge in [-0.05, 0) is 18.8 Å². The van der Waals surface area contributed by atoms with E-state index in [2.05, 4.69) is 28.6 Å². The number of rotatable bonds is 14. The molecular formula is C17H31N5O7S. The molecule has 0 aliphatic carbocycles. The average Bonchev–Trinajstić information content (AvgIpc) is 2.66. The SMILES string of the molecule is CC(C)CC(NC(=O)C(N)CCC(N)=O)C(=O)NC(CS)C(=O)NC(CO)C(=O)O. The molecule has 0 fully saturated rings. The zero-order valence-electron chi connectivity index (χ0n) is 17.0. The van der Waals surface area contributed by atoms with Crippen molar-refractivity contribution in [3.63, 3.8) is 0 Å². The van der Waals surface area contributed by atoms with Gasteiger partial charge in [0.25, 0.3) is 0 Å². The van der Waals surface area contributed by atoms with Crippen molar-refractivity contribution in [1.29, 1.82) is 0 Å². The smallest absolute Gasteiger partial charge is 0.328 e. The molecule has 4 amide bonds. The van der Waals surface area contributed by atoms with Gasteiger partial charge in [-0.15, -0.1) is 0 Å². The fourth-order valence-electron chi connectivity index (χ4n) is 2.33. The van der Waals surface area contributed by atoms with Crippen molar-refractivity contribution in [3.05, 3.63) is 0 Å². The van der Waals surface area contributed by atoms with Crippen LogP contribution < -0.4 is 27.4 Å². The summed E-state index contributed by atoms with van der Waals surface area (Å²) in [5, 5.41) is 24.9. The van der Waals surface area contributed by atoms with Crippen LogP contribution in [0.5, 0.6) is 0 Å². The van der Waals surface area contributed by atoms with E-state index in [-0.39, 0.29) is 30.9 Å². The van der Waals surface area contributed by atoms with Crippen LogP contribution in [0, 0.1) is 5.92 Å². The highest BCUT2D eigenvalue weighted by Crippen LogP contribution is 2.07. The molecule has 0 aromatic carbocycles. The Morgan fingerprint density at radius 2 is 1.43 bits per heavy atom. The summed E-state index contributed by atoms with van der Waals surface area (Å²) in [7, 11) is 0. The molecule has 0 saturated carbocycles. The lowest BCUT2D eigenvalue weighted by Gasteiger charge is -2.25. The molecule has 0 aromatic rings. The second kappa shape index (κ2) is 13.8. The Balaban J connectivity index is 5.14. The van der Waals surface area contributed by atoms with Gasteiger partial charge in [-0.2, -0.15) is 12.6 Å². The summed E-state index contributed by atoms with van der Waals surface area (Å²) in [4.78, 5) is 58.9. The summed E-state index contributed by atoms with van der Waals surface area (Å²) in [6, 6.07) is -4.82. The minimum atomic E-state index is -1.54. The molecule has 4 unspecified atom stereocenters. The fraction of sp³-hybridized carbons (Fsp3) is 0.706. The number of carboxylic acids is 1. The summed E-state index contributed by atoms with van der Waals surface area (Å²) in [6.45, 7) is 2.81. The van der Waals surface area contributed by atoms with Crippen LogP contribution in [0.2, 0.25) is 0 Å². The first kappa shape index (κ1) is 27.6. The lowest BCUT2D eigenvalue weighted by atomic mass is 10.0. The van der Waals surface area contributed by atoms with Gasteiger partial charge in [-0.3, -0.25) is 19.2 Å². The minimum Gasteiger partial charge on any atom is -0.480 e. The molecule has 0 saturated heterocycles. The van der Waals surface area contributed by atoms with E-state index in [1.54, 1.807) is 0 Å². The van der Waals surface area contributed by atoms with E-state index < -0.39 is 60.4 Å². The van der Waals surface area contributed by atoms with Crippen LogP contribution in [0.25, 0.3) is 0 Å². The number of carbonyl (C=O) groups is 5. The van der Waals surface area contributed by atoms with Crippen LogP contribution in [0.3, 0.4) is 0 Å². The zero-order valence-corrected chi connectivity index (χ0v) is 17.9. The van der Waals surface area contributed by atoms with Crippen LogP contribution in [0.15, 0.2) is 0 Å². The number of hydrogen-bond acceptors (Lipinski definition) is 8. The van der Waals surface area contributed by atoms with Crippen molar-refractivity contribution in [2.75, 3.05) is 12.4 Å². The molecule has 4 atom stereocenters. The van der Waals surface area contributed by atoms with Gasteiger partial charge in [0.15, 0.2) is 0 Å². The summed E-state index contributed by atoms with van der Waals surface area (Å²) in [5.41, 5.74) is 10.7. The van der Waals surface area contributed by atoms with Gasteiger partial charge in [0.1, 0.15) is 18.1 Å². The minimum absolute atomic E-state index is 0.00282. The van der Waals surface area contributed by atoms with E-state index in [9.17, 15) is 24.0 Å². The lowest BCUT2D eigenvalue weighted by molar-refractivity contribution is -0.143. The van der Waals surface area contributed by atoms with Gasteiger partial charge >= 0.3 is 5.97 Å². The Hall–Kier alpha value is -2.38. The summed E-state index contributed by atoms with van der Waals surface area (Å²) < 4.78 is 0. The first-order valence-electron chi connectivity index (χ1n) is 9.32. The molecule has 0 aliphatic rings. The number of amides is 4. The quantitative estimate of drug-likeness (QED) is 0.128. The number of nitrogens with one attached hydrogen (secondary N) is 3.